The van der Waals surface area contributed by atoms with E-state index in [2.05, 4.69) is 18.0 Å². The van der Waals surface area contributed by atoms with Crippen molar-refractivity contribution in [3.63, 3.8) is 0 Å². The number of rotatable bonds is 2. The van der Waals surface area contributed by atoms with E-state index < -0.39 is 0 Å². The van der Waals surface area contributed by atoms with Gasteiger partial charge in [-0.25, -0.2) is 4.98 Å². The molecule has 0 aliphatic heterocycles. The standard InChI is InChI=1S/C16H13NOS/c1-11-5-4-10-17-16(11)19-15-9-8-14(18)12-6-2-3-7-13(12)15/h2-10,18H,1H3. The van der Waals surface area contributed by atoms with Gasteiger partial charge in [0.25, 0.3) is 0 Å². The predicted molar refractivity (Wildman–Crippen MR) is 78.7 cm³/mol. The van der Waals surface area contributed by atoms with E-state index in [1.165, 1.54) is 0 Å². The van der Waals surface area contributed by atoms with Gasteiger partial charge in [-0.05, 0) is 36.1 Å². The molecule has 0 fully saturated rings. The summed E-state index contributed by atoms with van der Waals surface area (Å²) in [5, 5.41) is 12.8. The van der Waals surface area contributed by atoms with E-state index in [0.29, 0.717) is 5.75 Å². The molecular weight excluding hydrogens is 254 g/mol. The third kappa shape index (κ3) is 2.29. The summed E-state index contributed by atoms with van der Waals surface area (Å²) in [6.45, 7) is 2.05. The lowest BCUT2D eigenvalue weighted by atomic mass is 10.1. The highest BCUT2D eigenvalue weighted by Gasteiger charge is 2.08. The second-order valence-electron chi connectivity index (χ2n) is 4.36. The normalized spacial score (nSPS) is 10.8. The van der Waals surface area contributed by atoms with Crippen LogP contribution < -0.4 is 0 Å². The van der Waals surface area contributed by atoms with Crippen molar-refractivity contribution in [1.82, 2.24) is 4.98 Å². The van der Waals surface area contributed by atoms with Crippen molar-refractivity contribution in [2.24, 2.45) is 0 Å². The summed E-state index contributed by atoms with van der Waals surface area (Å²) in [5.41, 5.74) is 1.16. The van der Waals surface area contributed by atoms with Crippen molar-refractivity contribution in [2.45, 2.75) is 16.8 Å². The number of aromatic hydroxyl groups is 1. The molecule has 94 valence electrons. The van der Waals surface area contributed by atoms with E-state index in [9.17, 15) is 5.11 Å². The van der Waals surface area contributed by atoms with Crippen LogP contribution in [-0.4, -0.2) is 10.1 Å². The molecule has 0 spiro atoms. The lowest BCUT2D eigenvalue weighted by molar-refractivity contribution is 0.481. The maximum absolute atomic E-state index is 9.89. The first-order valence-electron chi connectivity index (χ1n) is 6.06. The van der Waals surface area contributed by atoms with E-state index in [0.717, 1.165) is 26.3 Å². The van der Waals surface area contributed by atoms with Crippen LogP contribution in [0.1, 0.15) is 5.56 Å². The summed E-state index contributed by atoms with van der Waals surface area (Å²) in [5.74, 6) is 0.317. The smallest absolute Gasteiger partial charge is 0.123 e. The second-order valence-corrected chi connectivity index (χ2v) is 5.39. The number of nitrogens with zero attached hydrogens (tertiary/aromatic N) is 1. The Labute approximate surface area is 116 Å². The second kappa shape index (κ2) is 4.94. The molecule has 3 aromatic rings. The minimum Gasteiger partial charge on any atom is -0.507 e. The lowest BCUT2D eigenvalue weighted by Crippen LogP contribution is -1.85. The average Bonchev–Trinajstić information content (AvgIpc) is 2.44. The average molecular weight is 267 g/mol. The van der Waals surface area contributed by atoms with Gasteiger partial charge in [-0.1, -0.05) is 42.1 Å². The molecule has 2 nitrogen and oxygen atoms in total. The third-order valence-electron chi connectivity index (χ3n) is 3.03. The molecule has 0 unspecified atom stereocenters. The molecule has 0 amide bonds. The Morgan fingerprint density at radius 3 is 2.53 bits per heavy atom. The summed E-state index contributed by atoms with van der Waals surface area (Å²) < 4.78 is 0. The molecule has 2 aromatic carbocycles. The zero-order valence-electron chi connectivity index (χ0n) is 10.5. The maximum atomic E-state index is 9.89. The number of hydrogen-bond acceptors (Lipinski definition) is 3. The number of hydrogen-bond donors (Lipinski definition) is 1. The minimum atomic E-state index is 0.317. The zero-order valence-corrected chi connectivity index (χ0v) is 11.3. The van der Waals surface area contributed by atoms with Crippen molar-refractivity contribution in [3.05, 3.63) is 60.3 Å². The van der Waals surface area contributed by atoms with E-state index in [1.54, 1.807) is 24.0 Å². The number of phenolic OH excluding ortho intramolecular Hbond substituents is 1. The Kier molecular flexibility index (Phi) is 3.13. The van der Waals surface area contributed by atoms with Crippen LogP contribution in [0.15, 0.2) is 64.6 Å². The number of phenols is 1. The van der Waals surface area contributed by atoms with Gasteiger partial charge in [0.05, 0.1) is 0 Å². The monoisotopic (exact) mass is 267 g/mol. The molecule has 1 aromatic heterocycles. The fraction of sp³-hybridized carbons (Fsp3) is 0.0625. The van der Waals surface area contributed by atoms with Crippen LogP contribution in [-0.2, 0) is 0 Å². The topological polar surface area (TPSA) is 33.1 Å². The van der Waals surface area contributed by atoms with Crippen molar-refractivity contribution < 1.29 is 5.11 Å². The summed E-state index contributed by atoms with van der Waals surface area (Å²) >= 11 is 1.63. The molecule has 0 bridgehead atoms. The van der Waals surface area contributed by atoms with Gasteiger partial charge in [-0.15, -0.1) is 0 Å². The third-order valence-corrected chi connectivity index (χ3v) is 4.23. The molecule has 19 heavy (non-hydrogen) atoms. The molecule has 0 radical (unpaired) electrons. The maximum Gasteiger partial charge on any atom is 0.123 e. The largest absolute Gasteiger partial charge is 0.507 e. The summed E-state index contributed by atoms with van der Waals surface area (Å²) in [6, 6.07) is 15.5. The van der Waals surface area contributed by atoms with E-state index in [4.69, 9.17) is 0 Å². The molecule has 1 heterocycles. The Morgan fingerprint density at radius 1 is 0.947 bits per heavy atom. The number of aromatic nitrogens is 1. The zero-order chi connectivity index (χ0) is 13.2. The van der Waals surface area contributed by atoms with Crippen LogP contribution >= 0.6 is 11.8 Å². The first-order chi connectivity index (χ1) is 9.25. The van der Waals surface area contributed by atoms with E-state index >= 15 is 0 Å². The first kappa shape index (κ1) is 12.1. The van der Waals surface area contributed by atoms with Crippen LogP contribution in [0.2, 0.25) is 0 Å². The van der Waals surface area contributed by atoms with Crippen LogP contribution in [0.3, 0.4) is 0 Å². The predicted octanol–water partition coefficient (Wildman–Crippen LogP) is 4.40. The van der Waals surface area contributed by atoms with Gasteiger partial charge in [0, 0.05) is 16.5 Å². The van der Waals surface area contributed by atoms with Crippen LogP contribution in [0.25, 0.3) is 10.8 Å². The van der Waals surface area contributed by atoms with Gasteiger partial charge in [-0.3, -0.25) is 0 Å². The van der Waals surface area contributed by atoms with Crippen molar-refractivity contribution >= 4 is 22.5 Å². The molecule has 0 saturated heterocycles. The number of aryl methyl sites for hydroxylation is 1. The van der Waals surface area contributed by atoms with Crippen molar-refractivity contribution in [2.75, 3.05) is 0 Å². The van der Waals surface area contributed by atoms with Crippen LogP contribution in [0, 0.1) is 6.92 Å². The molecule has 1 N–H and O–H groups in total. The quantitative estimate of drug-likeness (QED) is 0.747. The summed E-state index contributed by atoms with van der Waals surface area (Å²) in [4.78, 5) is 5.51. The fourth-order valence-corrected chi connectivity index (χ4v) is 3.00. The van der Waals surface area contributed by atoms with Gasteiger partial charge in [0.1, 0.15) is 10.8 Å². The van der Waals surface area contributed by atoms with Gasteiger partial charge in [0.2, 0.25) is 0 Å². The van der Waals surface area contributed by atoms with Gasteiger partial charge >= 0.3 is 0 Å². The summed E-state index contributed by atoms with van der Waals surface area (Å²) in [6.07, 6.45) is 1.80. The minimum absolute atomic E-state index is 0.317. The highest BCUT2D eigenvalue weighted by Crippen LogP contribution is 2.37. The van der Waals surface area contributed by atoms with Crippen molar-refractivity contribution in [1.29, 1.82) is 0 Å². The molecule has 0 aliphatic carbocycles. The fourth-order valence-electron chi connectivity index (χ4n) is 2.03. The Balaban J connectivity index is 2.12. The Bertz CT molecular complexity index is 740. The molecule has 0 aliphatic rings. The molecule has 3 rings (SSSR count). The highest BCUT2D eigenvalue weighted by atomic mass is 32.2. The van der Waals surface area contributed by atoms with Crippen LogP contribution in [0.4, 0.5) is 0 Å². The number of fused-ring (bicyclic) bond motifs is 1. The SMILES string of the molecule is Cc1cccnc1Sc1ccc(O)c2ccccc12. The number of pyridine rings is 1. The van der Waals surface area contributed by atoms with E-state index in [-0.39, 0.29) is 0 Å². The molecule has 0 atom stereocenters. The Morgan fingerprint density at radius 2 is 1.74 bits per heavy atom. The highest BCUT2D eigenvalue weighted by molar-refractivity contribution is 7.99. The molecule has 3 heteroatoms. The number of benzene rings is 2. The van der Waals surface area contributed by atoms with Crippen molar-refractivity contribution in [3.8, 4) is 5.75 Å². The van der Waals surface area contributed by atoms with Gasteiger partial charge in [0.15, 0.2) is 0 Å². The van der Waals surface area contributed by atoms with Gasteiger partial charge < -0.3 is 5.11 Å². The van der Waals surface area contributed by atoms with Gasteiger partial charge in [-0.2, -0.15) is 0 Å². The summed E-state index contributed by atoms with van der Waals surface area (Å²) in [7, 11) is 0. The Hall–Kier alpha value is -2.00. The van der Waals surface area contributed by atoms with Crippen LogP contribution in [0.5, 0.6) is 5.75 Å². The van der Waals surface area contributed by atoms with E-state index in [1.807, 2.05) is 36.4 Å². The lowest BCUT2D eigenvalue weighted by Gasteiger charge is -2.08. The molecule has 0 saturated carbocycles. The molecular formula is C16H13NOS. The first-order valence-corrected chi connectivity index (χ1v) is 6.87.